The highest BCUT2D eigenvalue weighted by molar-refractivity contribution is 7.90. The third-order valence-corrected chi connectivity index (χ3v) is 4.89. The molecule has 3 nitrogen and oxygen atoms in total. The van der Waals surface area contributed by atoms with E-state index in [1.807, 2.05) is 6.92 Å². The first-order valence-corrected chi connectivity index (χ1v) is 7.85. The quantitative estimate of drug-likeness (QED) is 0.884. The summed E-state index contributed by atoms with van der Waals surface area (Å²) < 4.78 is 37.7. The van der Waals surface area contributed by atoms with E-state index >= 15 is 0 Å². The molecule has 0 heterocycles. The average molecular weight is 314 g/mol. The Hall–Kier alpha value is -1.59. The first-order valence-electron chi connectivity index (χ1n) is 5.82. The minimum Gasteiger partial charge on any atom is -0.398 e. The summed E-state index contributed by atoms with van der Waals surface area (Å²) in [6.45, 7) is 1.83. The van der Waals surface area contributed by atoms with Crippen LogP contribution in [0.1, 0.15) is 11.1 Å². The highest BCUT2D eigenvalue weighted by Gasteiger charge is 2.19. The largest absolute Gasteiger partial charge is 0.398 e. The summed E-state index contributed by atoms with van der Waals surface area (Å²) >= 11 is 5.65. The fourth-order valence-corrected chi connectivity index (χ4v) is 3.55. The van der Waals surface area contributed by atoms with E-state index in [1.54, 1.807) is 12.1 Å². The molecule has 0 saturated carbocycles. The maximum atomic E-state index is 13.1. The third-order valence-electron chi connectivity index (χ3n) is 2.84. The molecule has 0 unspecified atom stereocenters. The van der Waals surface area contributed by atoms with Gasteiger partial charge in [0, 0.05) is 0 Å². The summed E-state index contributed by atoms with van der Waals surface area (Å²) in [4.78, 5) is 0.0727. The molecule has 0 aliphatic heterocycles. The van der Waals surface area contributed by atoms with Gasteiger partial charge >= 0.3 is 0 Å². The van der Waals surface area contributed by atoms with Crippen LogP contribution < -0.4 is 5.73 Å². The molecule has 2 N–H and O–H groups in total. The van der Waals surface area contributed by atoms with Gasteiger partial charge in [0.1, 0.15) is 5.82 Å². The zero-order chi connectivity index (χ0) is 14.9. The maximum absolute atomic E-state index is 13.1. The summed E-state index contributed by atoms with van der Waals surface area (Å²) in [5, 5.41) is -0.102. The molecule has 0 radical (unpaired) electrons. The van der Waals surface area contributed by atoms with Gasteiger partial charge in [0.2, 0.25) is 0 Å². The van der Waals surface area contributed by atoms with Gasteiger partial charge in [0.25, 0.3) is 0 Å². The van der Waals surface area contributed by atoms with Crippen molar-refractivity contribution in [2.45, 2.75) is 17.6 Å². The van der Waals surface area contributed by atoms with Crippen LogP contribution in [0.4, 0.5) is 10.1 Å². The number of rotatable bonds is 3. The van der Waals surface area contributed by atoms with Crippen LogP contribution in [0.2, 0.25) is 5.02 Å². The Bertz CT molecular complexity index is 760. The van der Waals surface area contributed by atoms with E-state index in [2.05, 4.69) is 0 Å². The second-order valence-corrected chi connectivity index (χ2v) is 6.91. The molecule has 6 heteroatoms. The Balaban J connectivity index is 2.38. The maximum Gasteiger partial charge on any atom is 0.184 e. The van der Waals surface area contributed by atoms with Crippen LogP contribution in [0.15, 0.2) is 41.3 Å². The number of anilines is 1. The molecular weight excluding hydrogens is 301 g/mol. The fraction of sp³-hybridized carbons (Fsp3) is 0.143. The number of sulfone groups is 1. The first-order chi connectivity index (χ1) is 9.29. The standard InChI is InChI=1S/C14H13ClFNO2S/c1-9-2-5-14(13(17)6-9)20(18,19)8-10-3-4-12(16)11(15)7-10/h2-7H,8,17H2,1H3. The Labute approximate surface area is 122 Å². The van der Waals surface area contributed by atoms with Crippen molar-refractivity contribution in [3.8, 4) is 0 Å². The molecule has 0 atom stereocenters. The van der Waals surface area contributed by atoms with Crippen LogP contribution in [0.3, 0.4) is 0 Å². The molecule has 0 aliphatic rings. The van der Waals surface area contributed by atoms with Gasteiger partial charge in [0.05, 0.1) is 21.4 Å². The lowest BCUT2D eigenvalue weighted by atomic mass is 10.2. The van der Waals surface area contributed by atoms with E-state index in [4.69, 9.17) is 17.3 Å². The van der Waals surface area contributed by atoms with E-state index in [9.17, 15) is 12.8 Å². The van der Waals surface area contributed by atoms with Gasteiger partial charge in [-0.2, -0.15) is 0 Å². The van der Waals surface area contributed by atoms with Gasteiger partial charge in [-0.15, -0.1) is 0 Å². The van der Waals surface area contributed by atoms with E-state index in [0.717, 1.165) is 11.6 Å². The van der Waals surface area contributed by atoms with Crippen LogP contribution in [0, 0.1) is 12.7 Å². The predicted octanol–water partition coefficient (Wildman–Crippen LogP) is 3.34. The Morgan fingerprint density at radius 2 is 1.90 bits per heavy atom. The Kier molecular flexibility index (Phi) is 4.01. The summed E-state index contributed by atoms with van der Waals surface area (Å²) in [5.41, 5.74) is 7.25. The molecule has 0 fully saturated rings. The molecule has 20 heavy (non-hydrogen) atoms. The molecular formula is C14H13ClFNO2S. The molecule has 0 aromatic heterocycles. The van der Waals surface area contributed by atoms with Gasteiger partial charge in [-0.3, -0.25) is 0 Å². The van der Waals surface area contributed by atoms with Crippen LogP contribution in [-0.4, -0.2) is 8.42 Å². The average Bonchev–Trinajstić information content (AvgIpc) is 2.33. The lowest BCUT2D eigenvalue weighted by Gasteiger charge is -2.09. The monoisotopic (exact) mass is 313 g/mol. The predicted molar refractivity (Wildman–Crippen MR) is 77.9 cm³/mol. The fourth-order valence-electron chi connectivity index (χ4n) is 1.88. The first kappa shape index (κ1) is 14.8. The number of nitrogens with two attached hydrogens (primary N) is 1. The minimum atomic E-state index is -3.60. The van der Waals surface area contributed by atoms with Crippen molar-refractivity contribution in [3.63, 3.8) is 0 Å². The van der Waals surface area contributed by atoms with Gasteiger partial charge in [0.15, 0.2) is 9.84 Å². The summed E-state index contributed by atoms with van der Waals surface area (Å²) in [6.07, 6.45) is 0. The van der Waals surface area contributed by atoms with E-state index in [-0.39, 0.29) is 21.4 Å². The van der Waals surface area contributed by atoms with E-state index in [0.29, 0.717) is 5.56 Å². The topological polar surface area (TPSA) is 60.2 Å². The number of halogens is 2. The normalized spacial score (nSPS) is 11.6. The molecule has 0 bridgehead atoms. The summed E-state index contributed by atoms with van der Waals surface area (Å²) in [5.74, 6) is -0.858. The van der Waals surface area contributed by atoms with Crippen LogP contribution >= 0.6 is 11.6 Å². The second-order valence-electron chi connectivity index (χ2n) is 4.55. The molecule has 106 valence electrons. The van der Waals surface area contributed by atoms with Crippen molar-refractivity contribution in [2.24, 2.45) is 0 Å². The second kappa shape index (κ2) is 5.42. The number of benzene rings is 2. The molecule has 2 aromatic carbocycles. The van der Waals surface area contributed by atoms with Gasteiger partial charge < -0.3 is 5.73 Å². The van der Waals surface area contributed by atoms with E-state index < -0.39 is 15.7 Å². The molecule has 0 aliphatic carbocycles. The highest BCUT2D eigenvalue weighted by Crippen LogP contribution is 2.25. The number of hydrogen-bond acceptors (Lipinski definition) is 3. The lowest BCUT2D eigenvalue weighted by Crippen LogP contribution is -2.08. The van der Waals surface area contributed by atoms with Gasteiger partial charge in [-0.25, -0.2) is 12.8 Å². The molecule has 2 rings (SSSR count). The SMILES string of the molecule is Cc1ccc(S(=O)(=O)Cc2ccc(F)c(Cl)c2)c(N)c1. The summed E-state index contributed by atoms with van der Waals surface area (Å²) in [7, 11) is -3.60. The molecule has 0 saturated heterocycles. The smallest absolute Gasteiger partial charge is 0.184 e. The Morgan fingerprint density at radius 3 is 2.50 bits per heavy atom. The number of aryl methyl sites for hydroxylation is 1. The Morgan fingerprint density at radius 1 is 1.20 bits per heavy atom. The minimum absolute atomic E-state index is 0.0727. The van der Waals surface area contributed by atoms with Crippen LogP contribution in [0.25, 0.3) is 0 Å². The van der Waals surface area contributed by atoms with Crippen molar-refractivity contribution in [1.82, 2.24) is 0 Å². The van der Waals surface area contributed by atoms with Crippen LogP contribution in [0.5, 0.6) is 0 Å². The zero-order valence-corrected chi connectivity index (χ0v) is 12.3. The van der Waals surface area contributed by atoms with Crippen molar-refractivity contribution in [1.29, 1.82) is 0 Å². The van der Waals surface area contributed by atoms with Crippen molar-refractivity contribution in [3.05, 3.63) is 58.4 Å². The van der Waals surface area contributed by atoms with E-state index in [1.165, 1.54) is 18.2 Å². The van der Waals surface area contributed by atoms with Crippen LogP contribution in [-0.2, 0) is 15.6 Å². The molecule has 0 spiro atoms. The lowest BCUT2D eigenvalue weighted by molar-refractivity contribution is 0.595. The van der Waals surface area contributed by atoms with Crippen molar-refractivity contribution < 1.29 is 12.8 Å². The zero-order valence-electron chi connectivity index (χ0n) is 10.7. The summed E-state index contributed by atoms with van der Waals surface area (Å²) in [6, 6.07) is 8.60. The molecule has 0 amide bonds. The number of hydrogen-bond donors (Lipinski definition) is 1. The van der Waals surface area contributed by atoms with Gasteiger partial charge in [-0.05, 0) is 42.3 Å². The molecule has 2 aromatic rings. The van der Waals surface area contributed by atoms with Crippen molar-refractivity contribution >= 4 is 27.1 Å². The third kappa shape index (κ3) is 3.11. The van der Waals surface area contributed by atoms with Crippen molar-refractivity contribution in [2.75, 3.05) is 5.73 Å². The van der Waals surface area contributed by atoms with Gasteiger partial charge in [-0.1, -0.05) is 23.7 Å². The highest BCUT2D eigenvalue weighted by atomic mass is 35.5. The number of nitrogen functional groups attached to an aromatic ring is 1.